The number of piperazine rings is 1. The van der Waals surface area contributed by atoms with E-state index in [0.717, 1.165) is 0 Å². The maximum atomic E-state index is 13.3. The number of carbonyl (C=O) groups is 1. The molecule has 1 amide bonds. The molecule has 0 aliphatic carbocycles. The molecular weight excluding hydrogens is 323 g/mol. The first kappa shape index (κ1) is 16.8. The summed E-state index contributed by atoms with van der Waals surface area (Å²) >= 11 is 0. The number of nitrogens with zero attached hydrogens (tertiary/aromatic N) is 1. The predicted molar refractivity (Wildman–Crippen MR) is 82.8 cm³/mol. The van der Waals surface area contributed by atoms with Crippen molar-refractivity contribution < 1.29 is 22.4 Å². The molecule has 2 N–H and O–H groups in total. The first-order chi connectivity index (χ1) is 11.5. The third-order valence-corrected chi connectivity index (χ3v) is 4.15. The monoisotopic (exact) mass is 341 g/mol. The molecule has 130 valence electrons. The molecule has 1 aliphatic heterocycles. The molecule has 0 bridgehead atoms. The third-order valence-electron chi connectivity index (χ3n) is 4.15. The summed E-state index contributed by atoms with van der Waals surface area (Å²) in [6.07, 6.45) is -3.13. The normalized spacial score (nSPS) is 17.8. The van der Waals surface area contributed by atoms with Crippen LogP contribution in [0.15, 0.2) is 34.9 Å². The Morgan fingerprint density at radius 2 is 2.00 bits per heavy atom. The minimum Gasteiger partial charge on any atom is -0.463 e. The molecule has 1 atom stereocenters. The number of hydrogen-bond donors (Lipinski definition) is 2. The van der Waals surface area contributed by atoms with E-state index in [1.807, 2.05) is 0 Å². The van der Waals surface area contributed by atoms with Crippen molar-refractivity contribution in [2.24, 2.45) is 0 Å². The molecule has 1 aromatic carbocycles. The van der Waals surface area contributed by atoms with E-state index in [0.29, 0.717) is 37.1 Å². The Hall–Kier alpha value is -2.06. The van der Waals surface area contributed by atoms with E-state index >= 15 is 0 Å². The molecule has 8 heteroatoms. The second kappa shape index (κ2) is 6.82. The average Bonchev–Trinajstić information content (AvgIpc) is 2.99. The number of hydrogen-bond acceptors (Lipinski definition) is 4. The maximum Gasteiger partial charge on any atom is 0.405 e. The molecule has 1 unspecified atom stereocenters. The average molecular weight is 341 g/mol. The molecule has 2 heterocycles. The van der Waals surface area contributed by atoms with Crippen LogP contribution >= 0.6 is 0 Å². The zero-order valence-electron chi connectivity index (χ0n) is 12.9. The second-order valence-electron chi connectivity index (χ2n) is 5.70. The van der Waals surface area contributed by atoms with E-state index in [4.69, 9.17) is 4.42 Å². The van der Waals surface area contributed by atoms with Gasteiger partial charge in [-0.3, -0.25) is 9.69 Å². The first-order valence-corrected chi connectivity index (χ1v) is 7.73. The van der Waals surface area contributed by atoms with Gasteiger partial charge in [0.25, 0.3) is 5.91 Å². The largest absolute Gasteiger partial charge is 0.463 e. The number of para-hydroxylation sites is 1. The van der Waals surface area contributed by atoms with Crippen LogP contribution in [0.5, 0.6) is 0 Å². The van der Waals surface area contributed by atoms with Crippen molar-refractivity contribution in [3.63, 3.8) is 0 Å². The molecule has 5 nitrogen and oxygen atoms in total. The number of fused-ring (bicyclic) bond motifs is 1. The number of alkyl halides is 3. The lowest BCUT2D eigenvalue weighted by molar-refractivity contribution is -0.183. The molecule has 1 saturated heterocycles. The van der Waals surface area contributed by atoms with E-state index in [2.05, 4.69) is 10.6 Å². The van der Waals surface area contributed by atoms with Gasteiger partial charge in [0, 0.05) is 38.1 Å². The summed E-state index contributed by atoms with van der Waals surface area (Å²) in [6.45, 7) is 1.13. The number of amides is 1. The Kier molecular flexibility index (Phi) is 4.77. The fraction of sp³-hybridized carbons (Fsp3) is 0.438. The maximum absolute atomic E-state index is 13.3. The van der Waals surface area contributed by atoms with Gasteiger partial charge in [0.2, 0.25) is 0 Å². The standard InChI is InChI=1S/C16H18F3N3O2/c17-16(18,19)14(22-7-5-20-6-8-22)9-21-15(23)12-10-24-13-4-2-1-3-11(12)13/h1-4,10,14,20H,5-9H2,(H,21,23). The molecule has 0 spiro atoms. The topological polar surface area (TPSA) is 57.5 Å². The van der Waals surface area contributed by atoms with E-state index in [-0.39, 0.29) is 5.56 Å². The van der Waals surface area contributed by atoms with E-state index in [9.17, 15) is 18.0 Å². The Labute approximate surface area is 136 Å². The van der Waals surface area contributed by atoms with Crippen molar-refractivity contribution in [1.82, 2.24) is 15.5 Å². The molecule has 1 fully saturated rings. The van der Waals surface area contributed by atoms with Gasteiger partial charge in [0.15, 0.2) is 0 Å². The lowest BCUT2D eigenvalue weighted by Gasteiger charge is -2.35. The van der Waals surface area contributed by atoms with Gasteiger partial charge in [-0.25, -0.2) is 0 Å². The highest BCUT2D eigenvalue weighted by Crippen LogP contribution is 2.25. The SMILES string of the molecule is O=C(NCC(N1CCNCC1)C(F)(F)F)c1coc2ccccc12. The highest BCUT2D eigenvalue weighted by Gasteiger charge is 2.43. The number of carbonyl (C=O) groups excluding carboxylic acids is 1. The van der Waals surface area contributed by atoms with Crippen molar-refractivity contribution in [3.8, 4) is 0 Å². The Morgan fingerprint density at radius 3 is 2.71 bits per heavy atom. The lowest BCUT2D eigenvalue weighted by atomic mass is 10.1. The van der Waals surface area contributed by atoms with Crippen molar-refractivity contribution in [2.75, 3.05) is 32.7 Å². The Morgan fingerprint density at radius 1 is 1.29 bits per heavy atom. The van der Waals surface area contributed by atoms with Crippen LogP contribution in [-0.4, -0.2) is 55.7 Å². The zero-order chi connectivity index (χ0) is 17.2. The van der Waals surface area contributed by atoms with Gasteiger partial charge >= 0.3 is 6.18 Å². The summed E-state index contributed by atoms with van der Waals surface area (Å²) < 4.78 is 45.2. The van der Waals surface area contributed by atoms with Crippen molar-refractivity contribution in [2.45, 2.75) is 12.2 Å². The zero-order valence-corrected chi connectivity index (χ0v) is 12.9. The molecule has 1 aromatic heterocycles. The number of rotatable bonds is 4. The van der Waals surface area contributed by atoms with Crippen molar-refractivity contribution in [3.05, 3.63) is 36.1 Å². The van der Waals surface area contributed by atoms with Crippen LogP contribution in [0.1, 0.15) is 10.4 Å². The molecule has 0 saturated carbocycles. The summed E-state index contributed by atoms with van der Waals surface area (Å²) in [5, 5.41) is 6.00. The molecule has 2 aromatic rings. The smallest absolute Gasteiger partial charge is 0.405 e. The van der Waals surface area contributed by atoms with E-state index in [1.54, 1.807) is 24.3 Å². The molecule has 3 rings (SSSR count). The van der Waals surface area contributed by atoms with Gasteiger partial charge in [-0.2, -0.15) is 13.2 Å². The molecule has 1 aliphatic rings. The Balaban J connectivity index is 1.70. The number of furan rings is 1. The Bertz CT molecular complexity index is 708. The van der Waals surface area contributed by atoms with Crippen LogP contribution in [0.25, 0.3) is 11.0 Å². The van der Waals surface area contributed by atoms with E-state index < -0.39 is 24.7 Å². The minimum absolute atomic E-state index is 0.242. The van der Waals surface area contributed by atoms with Gasteiger partial charge in [0.1, 0.15) is 17.9 Å². The van der Waals surface area contributed by atoms with Crippen LogP contribution in [0.3, 0.4) is 0 Å². The fourth-order valence-electron chi connectivity index (χ4n) is 2.88. The summed E-state index contributed by atoms with van der Waals surface area (Å²) in [6, 6.07) is 5.21. The summed E-state index contributed by atoms with van der Waals surface area (Å²) in [5.74, 6) is -0.565. The second-order valence-corrected chi connectivity index (χ2v) is 5.70. The molecular formula is C16H18F3N3O2. The van der Waals surface area contributed by atoms with Gasteiger partial charge in [-0.15, -0.1) is 0 Å². The first-order valence-electron chi connectivity index (χ1n) is 7.73. The van der Waals surface area contributed by atoms with Crippen LogP contribution in [0, 0.1) is 0 Å². The highest BCUT2D eigenvalue weighted by atomic mass is 19.4. The minimum atomic E-state index is -4.40. The summed E-state index contributed by atoms with van der Waals surface area (Å²) in [7, 11) is 0. The molecule has 0 radical (unpaired) electrons. The van der Waals surface area contributed by atoms with Crippen molar-refractivity contribution in [1.29, 1.82) is 0 Å². The van der Waals surface area contributed by atoms with Gasteiger partial charge < -0.3 is 15.1 Å². The summed E-state index contributed by atoms with van der Waals surface area (Å²) in [4.78, 5) is 13.6. The summed E-state index contributed by atoms with van der Waals surface area (Å²) in [5.41, 5.74) is 0.768. The lowest BCUT2D eigenvalue weighted by Crippen LogP contribution is -2.57. The van der Waals surface area contributed by atoms with Crippen LogP contribution in [0.2, 0.25) is 0 Å². The van der Waals surface area contributed by atoms with Gasteiger partial charge in [-0.1, -0.05) is 18.2 Å². The predicted octanol–water partition coefficient (Wildman–Crippen LogP) is 2.00. The highest BCUT2D eigenvalue weighted by molar-refractivity contribution is 6.05. The van der Waals surface area contributed by atoms with Crippen LogP contribution in [-0.2, 0) is 0 Å². The third kappa shape index (κ3) is 3.54. The van der Waals surface area contributed by atoms with Crippen LogP contribution in [0.4, 0.5) is 13.2 Å². The number of benzene rings is 1. The van der Waals surface area contributed by atoms with E-state index in [1.165, 1.54) is 11.2 Å². The molecule has 24 heavy (non-hydrogen) atoms. The van der Waals surface area contributed by atoms with Gasteiger partial charge in [0.05, 0.1) is 5.56 Å². The number of nitrogens with one attached hydrogen (secondary N) is 2. The number of halogens is 3. The van der Waals surface area contributed by atoms with Gasteiger partial charge in [-0.05, 0) is 6.07 Å². The fourth-order valence-corrected chi connectivity index (χ4v) is 2.88. The van der Waals surface area contributed by atoms with Crippen LogP contribution < -0.4 is 10.6 Å². The quantitative estimate of drug-likeness (QED) is 0.893. The van der Waals surface area contributed by atoms with Crippen molar-refractivity contribution >= 4 is 16.9 Å².